The fourth-order valence-electron chi connectivity index (χ4n) is 2.74. The molecule has 1 heterocycles. The Morgan fingerprint density at radius 1 is 1.33 bits per heavy atom. The van der Waals surface area contributed by atoms with Crippen molar-refractivity contribution in [2.75, 3.05) is 13.2 Å². The Morgan fingerprint density at radius 2 is 2.06 bits per heavy atom. The lowest BCUT2D eigenvalue weighted by Gasteiger charge is -2.36. The van der Waals surface area contributed by atoms with E-state index in [2.05, 4.69) is 56.4 Å². The van der Waals surface area contributed by atoms with Crippen LogP contribution in [0.15, 0.2) is 30.3 Å². The van der Waals surface area contributed by atoms with Crippen LogP contribution in [0.25, 0.3) is 0 Å². The van der Waals surface area contributed by atoms with Crippen molar-refractivity contribution in [1.29, 1.82) is 0 Å². The molecule has 1 aliphatic rings. The first-order valence-corrected chi connectivity index (χ1v) is 6.99. The molecule has 0 spiro atoms. The quantitative estimate of drug-likeness (QED) is 0.878. The van der Waals surface area contributed by atoms with E-state index in [0.717, 1.165) is 25.5 Å². The van der Waals surface area contributed by atoms with Gasteiger partial charge in [0.05, 0.1) is 5.60 Å². The SMILES string of the molecule is C[C@@H](NC[C@@H]1CCOC(C)(C)C1)c1ccccc1. The summed E-state index contributed by atoms with van der Waals surface area (Å²) in [5.41, 5.74) is 1.42. The predicted octanol–water partition coefficient (Wildman–Crippen LogP) is 3.54. The number of nitrogens with one attached hydrogen (secondary N) is 1. The van der Waals surface area contributed by atoms with Gasteiger partial charge in [-0.2, -0.15) is 0 Å². The lowest BCUT2D eigenvalue weighted by molar-refractivity contribution is -0.0720. The number of rotatable bonds is 4. The molecule has 100 valence electrons. The molecule has 1 fully saturated rings. The van der Waals surface area contributed by atoms with Gasteiger partial charge in [-0.05, 0) is 51.6 Å². The van der Waals surface area contributed by atoms with Gasteiger partial charge in [0.1, 0.15) is 0 Å². The van der Waals surface area contributed by atoms with E-state index >= 15 is 0 Å². The smallest absolute Gasteiger partial charge is 0.0629 e. The summed E-state index contributed by atoms with van der Waals surface area (Å²) in [4.78, 5) is 0. The molecule has 1 aromatic rings. The molecule has 1 aromatic carbocycles. The van der Waals surface area contributed by atoms with E-state index in [9.17, 15) is 0 Å². The summed E-state index contributed by atoms with van der Waals surface area (Å²) >= 11 is 0. The zero-order valence-corrected chi connectivity index (χ0v) is 11.8. The van der Waals surface area contributed by atoms with Gasteiger partial charge < -0.3 is 10.1 Å². The van der Waals surface area contributed by atoms with Gasteiger partial charge in [-0.15, -0.1) is 0 Å². The number of ether oxygens (including phenoxy) is 1. The van der Waals surface area contributed by atoms with Gasteiger partial charge in [0.25, 0.3) is 0 Å². The second-order valence-electron chi connectivity index (χ2n) is 6.01. The predicted molar refractivity (Wildman–Crippen MR) is 75.6 cm³/mol. The summed E-state index contributed by atoms with van der Waals surface area (Å²) < 4.78 is 5.76. The van der Waals surface area contributed by atoms with Crippen LogP contribution in [-0.4, -0.2) is 18.8 Å². The minimum absolute atomic E-state index is 0.0561. The monoisotopic (exact) mass is 247 g/mol. The highest BCUT2D eigenvalue weighted by Crippen LogP contribution is 2.28. The summed E-state index contributed by atoms with van der Waals surface area (Å²) in [5.74, 6) is 0.736. The van der Waals surface area contributed by atoms with Crippen LogP contribution in [0.1, 0.15) is 45.2 Å². The molecular weight excluding hydrogens is 222 g/mol. The Bertz CT molecular complexity index is 361. The molecule has 0 aromatic heterocycles. The minimum Gasteiger partial charge on any atom is -0.376 e. The maximum atomic E-state index is 5.76. The molecule has 2 rings (SSSR count). The fraction of sp³-hybridized carbons (Fsp3) is 0.625. The Morgan fingerprint density at radius 3 is 2.72 bits per heavy atom. The summed E-state index contributed by atoms with van der Waals surface area (Å²) in [6, 6.07) is 11.1. The van der Waals surface area contributed by atoms with E-state index < -0.39 is 0 Å². The molecule has 2 atom stereocenters. The zero-order chi connectivity index (χ0) is 13.0. The molecule has 2 nitrogen and oxygen atoms in total. The molecule has 1 aliphatic heterocycles. The van der Waals surface area contributed by atoms with Crippen LogP contribution in [-0.2, 0) is 4.74 Å². The second-order valence-corrected chi connectivity index (χ2v) is 6.01. The Labute approximate surface area is 111 Å². The summed E-state index contributed by atoms with van der Waals surface area (Å²) in [7, 11) is 0. The standard InChI is InChI=1S/C16H25NO/c1-13(15-7-5-4-6-8-15)17-12-14-9-10-18-16(2,3)11-14/h4-8,13-14,17H,9-12H2,1-3H3/t13-,14-/m1/s1. The van der Waals surface area contributed by atoms with Crippen LogP contribution in [0.5, 0.6) is 0 Å². The first-order valence-electron chi connectivity index (χ1n) is 6.99. The molecular formula is C16H25NO. The first kappa shape index (κ1) is 13.6. The van der Waals surface area contributed by atoms with Gasteiger partial charge >= 0.3 is 0 Å². The van der Waals surface area contributed by atoms with E-state index in [0.29, 0.717) is 6.04 Å². The summed E-state index contributed by atoms with van der Waals surface area (Å²) in [6.45, 7) is 8.61. The fourth-order valence-corrected chi connectivity index (χ4v) is 2.74. The van der Waals surface area contributed by atoms with Crippen molar-refractivity contribution in [3.8, 4) is 0 Å². The van der Waals surface area contributed by atoms with Crippen molar-refractivity contribution in [3.05, 3.63) is 35.9 Å². The Hall–Kier alpha value is -0.860. The maximum Gasteiger partial charge on any atom is 0.0629 e. The van der Waals surface area contributed by atoms with Crippen molar-refractivity contribution in [2.45, 2.75) is 45.3 Å². The highest BCUT2D eigenvalue weighted by Gasteiger charge is 2.28. The van der Waals surface area contributed by atoms with Crippen LogP contribution in [0.3, 0.4) is 0 Å². The van der Waals surface area contributed by atoms with Crippen molar-refractivity contribution >= 4 is 0 Å². The largest absolute Gasteiger partial charge is 0.376 e. The van der Waals surface area contributed by atoms with Crippen molar-refractivity contribution in [2.24, 2.45) is 5.92 Å². The summed E-state index contributed by atoms with van der Waals surface area (Å²) in [5, 5.41) is 3.65. The molecule has 0 aliphatic carbocycles. The zero-order valence-electron chi connectivity index (χ0n) is 11.8. The molecule has 18 heavy (non-hydrogen) atoms. The normalized spacial score (nSPS) is 24.7. The highest BCUT2D eigenvalue weighted by molar-refractivity contribution is 5.17. The van der Waals surface area contributed by atoms with E-state index in [1.165, 1.54) is 12.0 Å². The molecule has 0 saturated carbocycles. The van der Waals surface area contributed by atoms with Crippen LogP contribution in [0, 0.1) is 5.92 Å². The minimum atomic E-state index is 0.0561. The van der Waals surface area contributed by atoms with E-state index in [4.69, 9.17) is 4.74 Å². The molecule has 0 bridgehead atoms. The molecule has 0 amide bonds. The molecule has 0 radical (unpaired) electrons. The highest BCUT2D eigenvalue weighted by atomic mass is 16.5. The van der Waals surface area contributed by atoms with Crippen LogP contribution in [0.2, 0.25) is 0 Å². The third kappa shape index (κ3) is 3.82. The first-order chi connectivity index (χ1) is 8.57. The van der Waals surface area contributed by atoms with E-state index in [-0.39, 0.29) is 5.60 Å². The average Bonchev–Trinajstić information content (AvgIpc) is 2.36. The average molecular weight is 247 g/mol. The van der Waals surface area contributed by atoms with Gasteiger partial charge in [-0.25, -0.2) is 0 Å². The molecule has 2 heteroatoms. The lowest BCUT2D eigenvalue weighted by atomic mass is 9.88. The Kier molecular flexibility index (Phi) is 4.41. The van der Waals surface area contributed by atoms with E-state index in [1.54, 1.807) is 0 Å². The number of benzene rings is 1. The third-order valence-electron chi connectivity index (χ3n) is 3.81. The molecule has 1 saturated heterocycles. The second kappa shape index (κ2) is 5.85. The van der Waals surface area contributed by atoms with Crippen molar-refractivity contribution in [3.63, 3.8) is 0 Å². The van der Waals surface area contributed by atoms with Gasteiger partial charge in [-0.1, -0.05) is 30.3 Å². The van der Waals surface area contributed by atoms with Crippen LogP contribution < -0.4 is 5.32 Å². The summed E-state index contributed by atoms with van der Waals surface area (Å²) in [6.07, 6.45) is 2.33. The number of hydrogen-bond donors (Lipinski definition) is 1. The van der Waals surface area contributed by atoms with Gasteiger partial charge in [0.2, 0.25) is 0 Å². The molecule has 1 N–H and O–H groups in total. The molecule has 0 unspecified atom stereocenters. The van der Waals surface area contributed by atoms with Crippen molar-refractivity contribution in [1.82, 2.24) is 5.32 Å². The third-order valence-corrected chi connectivity index (χ3v) is 3.81. The van der Waals surface area contributed by atoms with Gasteiger partial charge in [-0.3, -0.25) is 0 Å². The van der Waals surface area contributed by atoms with E-state index in [1.807, 2.05) is 0 Å². The van der Waals surface area contributed by atoms with Gasteiger partial charge in [0.15, 0.2) is 0 Å². The maximum absolute atomic E-state index is 5.76. The topological polar surface area (TPSA) is 21.3 Å². The number of hydrogen-bond acceptors (Lipinski definition) is 2. The van der Waals surface area contributed by atoms with Crippen molar-refractivity contribution < 1.29 is 4.74 Å². The van der Waals surface area contributed by atoms with Gasteiger partial charge in [0, 0.05) is 12.6 Å². The Balaban J connectivity index is 1.81. The van der Waals surface area contributed by atoms with Crippen LogP contribution in [0.4, 0.5) is 0 Å². The van der Waals surface area contributed by atoms with Crippen LogP contribution >= 0.6 is 0 Å². The lowest BCUT2D eigenvalue weighted by Crippen LogP contribution is -2.38.